The number of carbonyl (C=O) groups is 1. The van der Waals surface area contributed by atoms with Crippen molar-refractivity contribution < 1.29 is 19.4 Å². The fraction of sp³-hybridized carbons (Fsp3) is 0.632. The fourth-order valence-corrected chi connectivity index (χ4v) is 3.50. The lowest BCUT2D eigenvalue weighted by Gasteiger charge is -2.23. The number of aryl methyl sites for hydroxylation is 1. The van der Waals surface area contributed by atoms with Gasteiger partial charge >= 0.3 is 0 Å². The molecule has 1 aromatic carbocycles. The van der Waals surface area contributed by atoms with E-state index in [1.807, 2.05) is 37.1 Å². The normalized spacial score (nSPS) is 20.3. The van der Waals surface area contributed by atoms with Gasteiger partial charge in [0.2, 0.25) is 0 Å². The fourth-order valence-electron chi connectivity index (χ4n) is 3.50. The second-order valence-corrected chi connectivity index (χ2v) is 6.82. The summed E-state index contributed by atoms with van der Waals surface area (Å²) in [6, 6.07) is 5.63. The lowest BCUT2D eigenvalue weighted by molar-refractivity contribution is 0.0774. The molecule has 0 aliphatic carbocycles. The van der Waals surface area contributed by atoms with Crippen molar-refractivity contribution in [2.75, 3.05) is 60.7 Å². The number of amides is 1. The molecule has 6 nitrogen and oxygen atoms in total. The summed E-state index contributed by atoms with van der Waals surface area (Å²) in [6.45, 7) is 5.60. The lowest BCUT2D eigenvalue weighted by atomic mass is 9.96. The number of hydrogen-bond donors (Lipinski definition) is 1. The second kappa shape index (κ2) is 9.17. The summed E-state index contributed by atoms with van der Waals surface area (Å²) >= 11 is 0. The zero-order valence-electron chi connectivity index (χ0n) is 15.7. The predicted molar refractivity (Wildman–Crippen MR) is 97.1 cm³/mol. The molecule has 1 heterocycles. The Morgan fingerprint density at radius 2 is 2.04 bits per heavy atom. The number of carbonyl (C=O) groups excluding carboxylic acids is 1. The molecule has 25 heavy (non-hydrogen) atoms. The maximum absolute atomic E-state index is 13.0. The quantitative estimate of drug-likeness (QED) is 0.765. The van der Waals surface area contributed by atoms with Gasteiger partial charge in [-0.15, -0.1) is 0 Å². The molecule has 0 spiro atoms. The molecule has 0 saturated carbocycles. The molecular weight excluding hydrogens is 320 g/mol. The number of rotatable bonds is 8. The molecule has 2 rings (SSSR count). The van der Waals surface area contributed by atoms with Gasteiger partial charge in [0.05, 0.1) is 19.3 Å². The number of likely N-dealkylation sites (tertiary alicyclic amines) is 1. The highest BCUT2D eigenvalue weighted by molar-refractivity contribution is 5.98. The van der Waals surface area contributed by atoms with E-state index in [2.05, 4.69) is 4.90 Å². The number of likely N-dealkylation sites (N-methyl/N-ethyl adjacent to an activating group) is 1. The van der Waals surface area contributed by atoms with Crippen molar-refractivity contribution in [1.29, 1.82) is 0 Å². The van der Waals surface area contributed by atoms with Gasteiger partial charge in [-0.2, -0.15) is 0 Å². The highest BCUT2D eigenvalue weighted by Crippen LogP contribution is 2.29. The largest absolute Gasteiger partial charge is 0.496 e. The minimum absolute atomic E-state index is 0.0181. The third-order valence-electron chi connectivity index (χ3n) is 4.99. The van der Waals surface area contributed by atoms with Crippen molar-refractivity contribution in [1.82, 2.24) is 9.80 Å². The van der Waals surface area contributed by atoms with Gasteiger partial charge < -0.3 is 24.4 Å². The molecule has 0 bridgehead atoms. The molecule has 1 amide bonds. The number of aliphatic hydroxyl groups is 1. The summed E-state index contributed by atoms with van der Waals surface area (Å²) in [4.78, 5) is 17.1. The van der Waals surface area contributed by atoms with E-state index in [9.17, 15) is 9.90 Å². The molecule has 1 aromatic rings. The van der Waals surface area contributed by atoms with Crippen LogP contribution in [-0.4, -0.2) is 81.5 Å². The first-order valence-corrected chi connectivity index (χ1v) is 8.73. The molecule has 1 N–H and O–H groups in total. The minimum atomic E-state index is -0.0181. The summed E-state index contributed by atoms with van der Waals surface area (Å²) in [5.74, 6) is 0.941. The van der Waals surface area contributed by atoms with Crippen LogP contribution in [0.4, 0.5) is 0 Å². The molecule has 1 saturated heterocycles. The van der Waals surface area contributed by atoms with E-state index < -0.39 is 0 Å². The van der Waals surface area contributed by atoms with Gasteiger partial charge in [-0.1, -0.05) is 12.1 Å². The molecule has 2 atom stereocenters. The first kappa shape index (κ1) is 19.7. The molecule has 0 radical (unpaired) electrons. The molecular formula is C19H30N2O4. The van der Waals surface area contributed by atoms with Gasteiger partial charge in [0.25, 0.3) is 5.91 Å². The number of methoxy groups -OCH3 is 2. The highest BCUT2D eigenvalue weighted by Gasteiger charge is 2.36. The van der Waals surface area contributed by atoms with E-state index in [0.717, 1.165) is 18.7 Å². The van der Waals surface area contributed by atoms with Gasteiger partial charge in [-0.3, -0.25) is 4.79 Å². The van der Waals surface area contributed by atoms with Crippen LogP contribution in [0.2, 0.25) is 0 Å². The predicted octanol–water partition coefficient (Wildman–Crippen LogP) is 1.26. The van der Waals surface area contributed by atoms with Gasteiger partial charge in [0.1, 0.15) is 5.75 Å². The standard InChI is InChI=1S/C19H30N2O4/c1-14-6-5-7-17(25-4)18(14)19(23)21-11-15(16(12-21)13-22)10-20(2)8-9-24-3/h5-7,15-16,22H,8-13H2,1-4H3/t15-,16-/m1/s1. The van der Waals surface area contributed by atoms with Gasteiger partial charge in [0.15, 0.2) is 0 Å². The van der Waals surface area contributed by atoms with Crippen LogP contribution in [0.15, 0.2) is 18.2 Å². The number of nitrogens with zero attached hydrogens (tertiary/aromatic N) is 2. The van der Waals surface area contributed by atoms with E-state index in [4.69, 9.17) is 9.47 Å². The molecule has 0 unspecified atom stereocenters. The van der Waals surface area contributed by atoms with Crippen LogP contribution in [0.25, 0.3) is 0 Å². The smallest absolute Gasteiger partial charge is 0.257 e. The third-order valence-corrected chi connectivity index (χ3v) is 4.99. The number of benzene rings is 1. The molecule has 140 valence electrons. The SMILES string of the molecule is COCCN(C)C[C@@H]1CN(C(=O)c2c(C)cccc2OC)C[C@@H]1CO. The zero-order valence-corrected chi connectivity index (χ0v) is 15.7. The van der Waals surface area contributed by atoms with Crippen molar-refractivity contribution in [3.8, 4) is 5.75 Å². The topological polar surface area (TPSA) is 62.2 Å². The van der Waals surface area contributed by atoms with Crippen molar-refractivity contribution >= 4 is 5.91 Å². The Morgan fingerprint density at radius 1 is 1.32 bits per heavy atom. The van der Waals surface area contributed by atoms with Gasteiger partial charge in [-0.05, 0) is 31.5 Å². The average molecular weight is 350 g/mol. The Bertz CT molecular complexity index is 579. The van der Waals surface area contributed by atoms with Crippen LogP contribution in [0.1, 0.15) is 15.9 Å². The van der Waals surface area contributed by atoms with Crippen molar-refractivity contribution in [3.63, 3.8) is 0 Å². The van der Waals surface area contributed by atoms with Gasteiger partial charge in [0, 0.05) is 45.8 Å². The summed E-state index contributed by atoms with van der Waals surface area (Å²) < 4.78 is 10.5. The van der Waals surface area contributed by atoms with E-state index in [0.29, 0.717) is 31.0 Å². The average Bonchev–Trinajstić information content (AvgIpc) is 3.01. The van der Waals surface area contributed by atoms with Crippen LogP contribution >= 0.6 is 0 Å². The van der Waals surface area contributed by atoms with Crippen molar-refractivity contribution in [2.24, 2.45) is 11.8 Å². The number of aliphatic hydroxyl groups excluding tert-OH is 1. The van der Waals surface area contributed by atoms with Crippen LogP contribution in [-0.2, 0) is 4.74 Å². The maximum atomic E-state index is 13.0. The van der Waals surface area contributed by atoms with Crippen LogP contribution in [0, 0.1) is 18.8 Å². The third kappa shape index (κ3) is 4.71. The maximum Gasteiger partial charge on any atom is 0.257 e. The summed E-state index contributed by atoms with van der Waals surface area (Å²) in [5, 5.41) is 9.75. The zero-order chi connectivity index (χ0) is 18.4. The minimum Gasteiger partial charge on any atom is -0.496 e. The summed E-state index contributed by atoms with van der Waals surface area (Å²) in [7, 11) is 5.32. The first-order chi connectivity index (χ1) is 12.0. The molecule has 1 fully saturated rings. The van der Waals surface area contributed by atoms with E-state index in [-0.39, 0.29) is 24.3 Å². The Balaban J connectivity index is 2.10. The monoisotopic (exact) mass is 350 g/mol. The van der Waals surface area contributed by atoms with Gasteiger partial charge in [-0.25, -0.2) is 0 Å². The van der Waals surface area contributed by atoms with E-state index in [1.165, 1.54) is 0 Å². The highest BCUT2D eigenvalue weighted by atomic mass is 16.5. The first-order valence-electron chi connectivity index (χ1n) is 8.73. The Kier molecular flexibility index (Phi) is 7.23. The van der Waals surface area contributed by atoms with Crippen LogP contribution < -0.4 is 4.74 Å². The van der Waals surface area contributed by atoms with Crippen molar-refractivity contribution in [2.45, 2.75) is 6.92 Å². The van der Waals surface area contributed by atoms with Crippen LogP contribution in [0.5, 0.6) is 5.75 Å². The molecule has 6 heteroatoms. The summed E-state index contributed by atoms with van der Waals surface area (Å²) in [6.07, 6.45) is 0. The lowest BCUT2D eigenvalue weighted by Crippen LogP contribution is -2.34. The molecule has 0 aromatic heterocycles. The summed E-state index contributed by atoms with van der Waals surface area (Å²) in [5.41, 5.74) is 1.53. The van der Waals surface area contributed by atoms with Crippen LogP contribution in [0.3, 0.4) is 0 Å². The molecule has 1 aliphatic heterocycles. The molecule has 1 aliphatic rings. The second-order valence-electron chi connectivity index (χ2n) is 6.82. The Labute approximate surface area is 150 Å². The van der Waals surface area contributed by atoms with E-state index in [1.54, 1.807) is 14.2 Å². The van der Waals surface area contributed by atoms with E-state index >= 15 is 0 Å². The van der Waals surface area contributed by atoms with Crippen molar-refractivity contribution in [3.05, 3.63) is 29.3 Å². The Hall–Kier alpha value is -1.63. The number of ether oxygens (including phenoxy) is 2. The number of hydrogen-bond acceptors (Lipinski definition) is 5. The Morgan fingerprint density at radius 3 is 2.68 bits per heavy atom.